The third-order valence-electron chi connectivity index (χ3n) is 3.47. The summed E-state index contributed by atoms with van der Waals surface area (Å²) in [5.74, 6) is 0.100. The van der Waals surface area contributed by atoms with Crippen molar-refractivity contribution in [2.24, 2.45) is 0 Å². The van der Waals surface area contributed by atoms with Crippen molar-refractivity contribution in [2.45, 2.75) is 24.7 Å². The molecule has 0 saturated carbocycles. The largest absolute Gasteiger partial charge is 0.450 e. The number of carbonyl (C=O) groups excluding carboxylic acids is 2. The van der Waals surface area contributed by atoms with Gasteiger partial charge in [0.2, 0.25) is 5.91 Å². The molecule has 8 nitrogen and oxygen atoms in total. The number of amides is 3. The van der Waals surface area contributed by atoms with Crippen LogP contribution in [-0.4, -0.2) is 26.9 Å². The van der Waals surface area contributed by atoms with Crippen molar-refractivity contribution in [3.63, 3.8) is 0 Å². The lowest BCUT2D eigenvalue weighted by Gasteiger charge is -2.09. The molecule has 2 aromatic rings. The summed E-state index contributed by atoms with van der Waals surface area (Å²) in [5.41, 5.74) is 0.404. The van der Waals surface area contributed by atoms with Crippen molar-refractivity contribution in [3.8, 4) is 0 Å². The lowest BCUT2D eigenvalue weighted by Crippen LogP contribution is -2.39. The Balaban J connectivity index is 1.93. The zero-order valence-corrected chi connectivity index (χ0v) is 17.5. The molecule has 0 spiro atoms. The summed E-state index contributed by atoms with van der Waals surface area (Å²) in [6.45, 7) is 2.35. The summed E-state index contributed by atoms with van der Waals surface area (Å²) in [6, 6.07) is 8.07. The minimum Gasteiger partial charge on any atom is -0.450 e. The third kappa shape index (κ3) is 6.86. The van der Waals surface area contributed by atoms with Gasteiger partial charge < -0.3 is 15.1 Å². The maximum Gasteiger partial charge on any atom is 0.328 e. The highest BCUT2D eigenvalue weighted by molar-refractivity contribution is 9.10. The highest BCUT2D eigenvalue weighted by Crippen LogP contribution is 2.16. The fourth-order valence-corrected chi connectivity index (χ4v) is 3.32. The first-order valence-electron chi connectivity index (χ1n) is 8.45. The molecule has 28 heavy (non-hydrogen) atoms. The fourth-order valence-electron chi connectivity index (χ4n) is 2.07. The van der Waals surface area contributed by atoms with E-state index in [2.05, 4.69) is 26.6 Å². The molecule has 0 fully saturated rings. The van der Waals surface area contributed by atoms with Crippen molar-refractivity contribution in [3.05, 3.63) is 52.9 Å². The molecule has 10 heteroatoms. The van der Waals surface area contributed by atoms with Gasteiger partial charge in [0.05, 0.1) is 4.90 Å². The number of rotatable bonds is 8. The summed E-state index contributed by atoms with van der Waals surface area (Å²) in [6.07, 6.45) is 4.43. The van der Waals surface area contributed by atoms with Crippen LogP contribution in [-0.2, 0) is 14.8 Å². The highest BCUT2D eigenvalue weighted by Gasteiger charge is 2.17. The van der Waals surface area contributed by atoms with Gasteiger partial charge in [-0.2, -0.15) is 0 Å². The Bertz CT molecular complexity index is 952. The Kier molecular flexibility index (Phi) is 7.82. The van der Waals surface area contributed by atoms with E-state index in [0.717, 1.165) is 12.8 Å². The predicted octanol–water partition coefficient (Wildman–Crippen LogP) is 3.48. The maximum atomic E-state index is 12.2. The number of furan rings is 1. The van der Waals surface area contributed by atoms with Crippen LogP contribution < -0.4 is 15.4 Å². The Labute approximate surface area is 171 Å². The Morgan fingerprint density at radius 1 is 1.14 bits per heavy atom. The van der Waals surface area contributed by atoms with Crippen molar-refractivity contribution in [1.29, 1.82) is 0 Å². The Hall–Kier alpha value is -2.59. The van der Waals surface area contributed by atoms with Gasteiger partial charge in [-0.15, -0.1) is 0 Å². The lowest BCUT2D eigenvalue weighted by molar-refractivity contribution is -0.111. The number of benzene rings is 1. The second-order valence-electron chi connectivity index (χ2n) is 5.70. The maximum absolute atomic E-state index is 12.2. The van der Waals surface area contributed by atoms with E-state index < -0.39 is 22.0 Å². The van der Waals surface area contributed by atoms with Gasteiger partial charge in [0.15, 0.2) is 4.67 Å². The zero-order valence-electron chi connectivity index (χ0n) is 15.1. The number of carbonyl (C=O) groups is 2. The van der Waals surface area contributed by atoms with Crippen LogP contribution in [0.25, 0.3) is 6.08 Å². The summed E-state index contributed by atoms with van der Waals surface area (Å²) < 4.78 is 32.1. The van der Waals surface area contributed by atoms with E-state index in [1.165, 1.54) is 36.4 Å². The van der Waals surface area contributed by atoms with E-state index in [1.807, 2.05) is 11.6 Å². The number of hydrogen-bond acceptors (Lipinski definition) is 5. The molecule has 1 heterocycles. The van der Waals surface area contributed by atoms with Crippen LogP contribution in [0.4, 0.5) is 10.5 Å². The molecular weight excluding hydrogens is 450 g/mol. The average molecular weight is 470 g/mol. The zero-order chi connectivity index (χ0) is 20.6. The molecule has 0 unspecified atom stereocenters. The first-order valence-corrected chi connectivity index (χ1v) is 10.7. The van der Waals surface area contributed by atoms with Gasteiger partial charge in [-0.05, 0) is 64.8 Å². The number of urea groups is 1. The quantitative estimate of drug-likeness (QED) is 0.403. The molecule has 3 N–H and O–H groups in total. The second kappa shape index (κ2) is 10.1. The van der Waals surface area contributed by atoms with Gasteiger partial charge in [-0.25, -0.2) is 17.9 Å². The van der Waals surface area contributed by atoms with E-state index in [-0.39, 0.29) is 4.90 Å². The van der Waals surface area contributed by atoms with E-state index in [1.54, 1.807) is 12.1 Å². The molecule has 1 aromatic carbocycles. The van der Waals surface area contributed by atoms with Crippen LogP contribution in [0.2, 0.25) is 0 Å². The van der Waals surface area contributed by atoms with Gasteiger partial charge in [0, 0.05) is 18.3 Å². The van der Waals surface area contributed by atoms with Crippen molar-refractivity contribution >= 4 is 49.7 Å². The number of anilines is 1. The van der Waals surface area contributed by atoms with Crippen LogP contribution in [0.5, 0.6) is 0 Å². The molecule has 0 saturated heterocycles. The summed E-state index contributed by atoms with van der Waals surface area (Å²) in [7, 11) is -3.99. The minimum absolute atomic E-state index is 0.0906. The van der Waals surface area contributed by atoms with Crippen molar-refractivity contribution < 1.29 is 22.4 Å². The lowest BCUT2D eigenvalue weighted by atomic mass is 10.3. The van der Waals surface area contributed by atoms with Crippen LogP contribution in [0.1, 0.15) is 25.5 Å². The smallest absolute Gasteiger partial charge is 0.328 e. The SMILES string of the molecule is CCCCNC(=O)NS(=O)(=O)c1ccc(NC(=O)C=Cc2ccc(Br)o2)cc1. The van der Waals surface area contributed by atoms with Gasteiger partial charge >= 0.3 is 6.03 Å². The Morgan fingerprint density at radius 3 is 2.46 bits per heavy atom. The van der Waals surface area contributed by atoms with Crippen LogP contribution >= 0.6 is 15.9 Å². The molecule has 150 valence electrons. The first kappa shape index (κ1) is 21.7. The number of unbranched alkanes of at least 4 members (excludes halogenated alkanes) is 1. The molecule has 0 bridgehead atoms. The van der Waals surface area contributed by atoms with Gasteiger partial charge in [-0.1, -0.05) is 13.3 Å². The standard InChI is InChI=1S/C18H20BrN3O5S/c1-2-3-12-20-18(24)22-28(25,26)15-8-4-13(5-9-15)21-17(23)11-7-14-6-10-16(19)27-14/h4-11H,2-3,12H2,1H3,(H,21,23)(H2,20,22,24). The number of sulfonamides is 1. The highest BCUT2D eigenvalue weighted by atomic mass is 79.9. The molecule has 0 radical (unpaired) electrons. The van der Waals surface area contributed by atoms with E-state index in [0.29, 0.717) is 22.7 Å². The van der Waals surface area contributed by atoms with E-state index in [9.17, 15) is 18.0 Å². The van der Waals surface area contributed by atoms with E-state index in [4.69, 9.17) is 4.42 Å². The van der Waals surface area contributed by atoms with Crippen LogP contribution in [0.3, 0.4) is 0 Å². The average Bonchev–Trinajstić information content (AvgIpc) is 3.06. The van der Waals surface area contributed by atoms with E-state index >= 15 is 0 Å². The molecule has 0 aliphatic carbocycles. The molecular formula is C18H20BrN3O5S. The molecule has 1 aromatic heterocycles. The van der Waals surface area contributed by atoms with Gasteiger partial charge in [0.25, 0.3) is 10.0 Å². The summed E-state index contributed by atoms with van der Waals surface area (Å²) in [5, 5.41) is 5.07. The number of hydrogen-bond donors (Lipinski definition) is 3. The fraction of sp³-hybridized carbons (Fsp3) is 0.222. The van der Waals surface area contributed by atoms with Gasteiger partial charge in [-0.3, -0.25) is 4.79 Å². The normalized spacial score (nSPS) is 11.4. The minimum atomic E-state index is -3.99. The monoisotopic (exact) mass is 469 g/mol. The topological polar surface area (TPSA) is 118 Å². The number of nitrogens with one attached hydrogen (secondary N) is 3. The molecule has 2 rings (SSSR count). The third-order valence-corrected chi connectivity index (χ3v) is 5.24. The summed E-state index contributed by atoms with van der Waals surface area (Å²) >= 11 is 3.17. The molecule has 0 aliphatic rings. The molecule has 3 amide bonds. The molecule has 0 aliphatic heterocycles. The Morgan fingerprint density at radius 2 is 1.86 bits per heavy atom. The summed E-state index contributed by atoms with van der Waals surface area (Å²) in [4.78, 5) is 23.5. The molecule has 0 atom stereocenters. The number of halogens is 1. The first-order chi connectivity index (χ1) is 13.3. The second-order valence-corrected chi connectivity index (χ2v) is 8.17. The predicted molar refractivity (Wildman–Crippen MR) is 109 cm³/mol. The van der Waals surface area contributed by atoms with Crippen LogP contribution in [0, 0.1) is 0 Å². The van der Waals surface area contributed by atoms with Crippen LogP contribution in [0.15, 0.2) is 56.5 Å². The van der Waals surface area contributed by atoms with Crippen molar-refractivity contribution in [1.82, 2.24) is 10.0 Å². The van der Waals surface area contributed by atoms with Crippen molar-refractivity contribution in [2.75, 3.05) is 11.9 Å². The van der Waals surface area contributed by atoms with Gasteiger partial charge in [0.1, 0.15) is 5.76 Å².